The molecule has 2 N–H and O–H groups in total. The summed E-state index contributed by atoms with van der Waals surface area (Å²) < 4.78 is 1.59. The first-order valence-electron chi connectivity index (χ1n) is 6.29. The van der Waals surface area contributed by atoms with Crippen LogP contribution in [0.1, 0.15) is 16.2 Å². The number of carbonyl (C=O) groups excluding carboxylic acids is 1. The van der Waals surface area contributed by atoms with Crippen molar-refractivity contribution in [2.45, 2.75) is 6.42 Å². The lowest BCUT2D eigenvalue weighted by Gasteiger charge is -2.07. The molecule has 3 rings (SSSR count). The normalized spacial score (nSPS) is 10.8. The lowest BCUT2D eigenvalue weighted by atomic mass is 10.0. The first-order chi connectivity index (χ1) is 9.65. The third-order valence-corrected chi connectivity index (χ3v) is 3.34. The van der Waals surface area contributed by atoms with Crippen LogP contribution in [0, 0.1) is 0 Å². The van der Waals surface area contributed by atoms with Crippen LogP contribution in [0.2, 0.25) is 0 Å². The minimum absolute atomic E-state index is 0.0515. The first-order valence-corrected chi connectivity index (χ1v) is 6.29. The first kappa shape index (κ1) is 12.3. The van der Waals surface area contributed by atoms with E-state index in [4.69, 9.17) is 5.73 Å². The molecule has 3 aromatic rings. The van der Waals surface area contributed by atoms with Crippen LogP contribution in [0.25, 0.3) is 10.8 Å². The number of carbonyl (C=O) groups is 1. The minimum atomic E-state index is -0.0515. The van der Waals surface area contributed by atoms with Gasteiger partial charge in [-0.25, -0.2) is 4.98 Å². The van der Waals surface area contributed by atoms with E-state index in [9.17, 15) is 4.79 Å². The van der Waals surface area contributed by atoms with Crippen molar-refractivity contribution in [3.63, 3.8) is 0 Å². The maximum absolute atomic E-state index is 12.4. The summed E-state index contributed by atoms with van der Waals surface area (Å²) in [6, 6.07) is 11.5. The molecule has 1 aromatic heterocycles. The molecule has 1 heterocycles. The smallest absolute Gasteiger partial charge is 0.172 e. The fourth-order valence-corrected chi connectivity index (χ4v) is 2.22. The van der Waals surface area contributed by atoms with Gasteiger partial charge in [0.25, 0.3) is 0 Å². The molecule has 0 spiro atoms. The Kier molecular flexibility index (Phi) is 2.95. The Morgan fingerprint density at radius 1 is 1.25 bits per heavy atom. The van der Waals surface area contributed by atoms with E-state index >= 15 is 0 Å². The number of benzene rings is 2. The van der Waals surface area contributed by atoms with Crippen LogP contribution in [0.3, 0.4) is 0 Å². The number of fused-ring (bicyclic) bond motifs is 1. The molecule has 0 bridgehead atoms. The van der Waals surface area contributed by atoms with Gasteiger partial charge in [0.05, 0.1) is 6.42 Å². The second kappa shape index (κ2) is 4.77. The van der Waals surface area contributed by atoms with Crippen molar-refractivity contribution in [2.75, 3.05) is 5.73 Å². The summed E-state index contributed by atoms with van der Waals surface area (Å²) in [5, 5.41) is 5.99. The Morgan fingerprint density at radius 2 is 1.95 bits per heavy atom. The molecule has 0 atom stereocenters. The standard InChI is InChI=1S/C15H14N4O/c1-19-15(17-9-18-19)8-14(20)12-6-10-4-2-3-5-11(10)7-13(12)16/h2-7,9H,8,16H2,1H3. The predicted octanol–water partition coefficient (Wildman–Crippen LogP) is 1.98. The van der Waals surface area contributed by atoms with Crippen LogP contribution in [0.5, 0.6) is 0 Å². The van der Waals surface area contributed by atoms with Gasteiger partial charge >= 0.3 is 0 Å². The predicted molar refractivity (Wildman–Crippen MR) is 77.4 cm³/mol. The lowest BCUT2D eigenvalue weighted by Crippen LogP contribution is -2.11. The van der Waals surface area contributed by atoms with Gasteiger partial charge in [-0.15, -0.1) is 0 Å². The number of nitrogens with two attached hydrogens (primary N) is 1. The number of nitrogens with zero attached hydrogens (tertiary/aromatic N) is 3. The average Bonchev–Trinajstić information content (AvgIpc) is 2.83. The zero-order chi connectivity index (χ0) is 14.1. The summed E-state index contributed by atoms with van der Waals surface area (Å²) in [5.41, 5.74) is 7.02. The van der Waals surface area contributed by atoms with Gasteiger partial charge in [-0.2, -0.15) is 5.10 Å². The molecule has 0 unspecified atom stereocenters. The second-order valence-corrected chi connectivity index (χ2v) is 4.69. The maximum atomic E-state index is 12.4. The average molecular weight is 266 g/mol. The number of nitrogen functional groups attached to an aromatic ring is 1. The number of anilines is 1. The van der Waals surface area contributed by atoms with Gasteiger partial charge in [0.1, 0.15) is 12.2 Å². The molecule has 0 saturated carbocycles. The highest BCUT2D eigenvalue weighted by Crippen LogP contribution is 2.23. The molecule has 5 nitrogen and oxygen atoms in total. The van der Waals surface area contributed by atoms with Gasteiger partial charge in [-0.05, 0) is 22.9 Å². The summed E-state index contributed by atoms with van der Waals surface area (Å²) in [5.74, 6) is 0.576. The van der Waals surface area contributed by atoms with E-state index in [1.807, 2.05) is 36.4 Å². The molecular weight excluding hydrogens is 252 g/mol. The highest BCUT2D eigenvalue weighted by Gasteiger charge is 2.14. The van der Waals surface area contributed by atoms with Crippen molar-refractivity contribution in [3.05, 3.63) is 54.1 Å². The molecule has 100 valence electrons. The van der Waals surface area contributed by atoms with E-state index in [1.165, 1.54) is 6.33 Å². The SMILES string of the molecule is Cn1ncnc1CC(=O)c1cc2ccccc2cc1N. The largest absolute Gasteiger partial charge is 0.398 e. The Morgan fingerprint density at radius 3 is 2.60 bits per heavy atom. The molecule has 0 radical (unpaired) electrons. The van der Waals surface area contributed by atoms with E-state index in [0.29, 0.717) is 17.1 Å². The van der Waals surface area contributed by atoms with Crippen molar-refractivity contribution in [1.82, 2.24) is 14.8 Å². The molecule has 0 aliphatic carbocycles. The minimum Gasteiger partial charge on any atom is -0.398 e. The van der Waals surface area contributed by atoms with Crippen LogP contribution < -0.4 is 5.73 Å². The summed E-state index contributed by atoms with van der Waals surface area (Å²) in [7, 11) is 1.76. The van der Waals surface area contributed by atoms with Crippen LogP contribution >= 0.6 is 0 Å². The molecule has 0 aliphatic heterocycles. The van der Waals surface area contributed by atoms with E-state index in [1.54, 1.807) is 11.7 Å². The lowest BCUT2D eigenvalue weighted by molar-refractivity contribution is 0.0990. The van der Waals surface area contributed by atoms with Crippen molar-refractivity contribution < 1.29 is 4.79 Å². The van der Waals surface area contributed by atoms with Crippen LogP contribution in [0.4, 0.5) is 5.69 Å². The Labute approximate surface area is 116 Å². The quantitative estimate of drug-likeness (QED) is 0.581. The monoisotopic (exact) mass is 266 g/mol. The third kappa shape index (κ3) is 2.14. The molecule has 20 heavy (non-hydrogen) atoms. The molecular formula is C15H14N4O. The fourth-order valence-electron chi connectivity index (χ4n) is 2.22. The summed E-state index contributed by atoms with van der Waals surface area (Å²) in [6.45, 7) is 0. The zero-order valence-corrected chi connectivity index (χ0v) is 11.1. The van der Waals surface area contributed by atoms with E-state index in [0.717, 1.165) is 10.8 Å². The molecule has 0 amide bonds. The number of Topliss-reactive ketones (excluding diaryl/α,β-unsaturated/α-hetero) is 1. The number of aryl methyl sites for hydroxylation is 1. The van der Waals surface area contributed by atoms with Gasteiger partial charge in [0, 0.05) is 18.3 Å². The molecule has 0 fully saturated rings. The van der Waals surface area contributed by atoms with Gasteiger partial charge in [-0.3, -0.25) is 9.48 Å². The number of aromatic nitrogens is 3. The second-order valence-electron chi connectivity index (χ2n) is 4.69. The van der Waals surface area contributed by atoms with Crippen molar-refractivity contribution >= 4 is 22.2 Å². The number of hydrogen-bond donors (Lipinski definition) is 1. The number of ketones is 1. The third-order valence-electron chi connectivity index (χ3n) is 3.34. The van der Waals surface area contributed by atoms with Crippen LogP contribution in [-0.2, 0) is 13.5 Å². The molecule has 0 aliphatic rings. The summed E-state index contributed by atoms with van der Waals surface area (Å²) in [4.78, 5) is 16.4. The Balaban J connectivity index is 1.99. The van der Waals surface area contributed by atoms with Crippen molar-refractivity contribution in [1.29, 1.82) is 0 Å². The van der Waals surface area contributed by atoms with Crippen molar-refractivity contribution in [3.8, 4) is 0 Å². The van der Waals surface area contributed by atoms with Gasteiger partial charge < -0.3 is 5.73 Å². The van der Waals surface area contributed by atoms with Gasteiger partial charge in [-0.1, -0.05) is 24.3 Å². The van der Waals surface area contributed by atoms with E-state index in [-0.39, 0.29) is 12.2 Å². The molecule has 2 aromatic carbocycles. The number of rotatable bonds is 3. The molecule has 5 heteroatoms. The highest BCUT2D eigenvalue weighted by atomic mass is 16.1. The molecule has 0 saturated heterocycles. The number of hydrogen-bond acceptors (Lipinski definition) is 4. The fraction of sp³-hybridized carbons (Fsp3) is 0.133. The van der Waals surface area contributed by atoms with Gasteiger partial charge in [0.15, 0.2) is 5.78 Å². The summed E-state index contributed by atoms with van der Waals surface area (Å²) >= 11 is 0. The van der Waals surface area contributed by atoms with Crippen molar-refractivity contribution in [2.24, 2.45) is 7.05 Å². The zero-order valence-electron chi connectivity index (χ0n) is 11.1. The Bertz CT molecular complexity index is 791. The Hall–Kier alpha value is -2.69. The topological polar surface area (TPSA) is 73.8 Å². The van der Waals surface area contributed by atoms with E-state index < -0.39 is 0 Å². The summed E-state index contributed by atoms with van der Waals surface area (Å²) in [6.07, 6.45) is 1.63. The van der Waals surface area contributed by atoms with Gasteiger partial charge in [0.2, 0.25) is 0 Å². The van der Waals surface area contributed by atoms with Crippen LogP contribution in [0.15, 0.2) is 42.7 Å². The van der Waals surface area contributed by atoms with Crippen LogP contribution in [-0.4, -0.2) is 20.5 Å². The highest BCUT2D eigenvalue weighted by molar-refractivity contribution is 6.05. The maximum Gasteiger partial charge on any atom is 0.172 e. The van der Waals surface area contributed by atoms with E-state index in [2.05, 4.69) is 10.1 Å².